The molecule has 146 valence electrons. The highest BCUT2D eigenvalue weighted by Crippen LogP contribution is 2.34. The molecule has 7 heteroatoms. The Kier molecular flexibility index (Phi) is 6.36. The van der Waals surface area contributed by atoms with Crippen LogP contribution in [0.4, 0.5) is 9.18 Å². The zero-order chi connectivity index (χ0) is 20.1. The molecule has 1 aliphatic heterocycles. The highest BCUT2D eigenvalue weighted by molar-refractivity contribution is 8.18. The minimum absolute atomic E-state index is 0.246. The summed E-state index contributed by atoms with van der Waals surface area (Å²) in [6, 6.07) is 11.3. The van der Waals surface area contributed by atoms with Crippen molar-refractivity contribution in [3.8, 4) is 11.5 Å². The van der Waals surface area contributed by atoms with Crippen molar-refractivity contribution < 1.29 is 23.5 Å². The molecule has 0 N–H and O–H groups in total. The Morgan fingerprint density at radius 3 is 2.54 bits per heavy atom. The van der Waals surface area contributed by atoms with Gasteiger partial charge in [-0.3, -0.25) is 14.5 Å². The molecule has 0 aromatic heterocycles. The molecule has 2 aromatic carbocycles. The van der Waals surface area contributed by atoms with E-state index in [0.717, 1.165) is 29.3 Å². The maximum Gasteiger partial charge on any atom is 0.293 e. The van der Waals surface area contributed by atoms with Gasteiger partial charge in [-0.05, 0) is 59.7 Å². The first-order valence-electron chi connectivity index (χ1n) is 8.82. The van der Waals surface area contributed by atoms with Crippen molar-refractivity contribution in [1.82, 2.24) is 4.90 Å². The molecule has 5 nitrogen and oxygen atoms in total. The van der Waals surface area contributed by atoms with Crippen LogP contribution in [-0.4, -0.2) is 29.7 Å². The van der Waals surface area contributed by atoms with Gasteiger partial charge in [0.05, 0.1) is 12.0 Å². The van der Waals surface area contributed by atoms with Gasteiger partial charge in [-0.25, -0.2) is 4.39 Å². The summed E-state index contributed by atoms with van der Waals surface area (Å²) in [4.78, 5) is 25.9. The molecule has 0 spiro atoms. The molecule has 1 saturated heterocycles. The fraction of sp³-hybridized carbons (Fsp3) is 0.238. The molecule has 1 aliphatic rings. The number of halogens is 1. The highest BCUT2D eigenvalue weighted by Gasteiger charge is 2.34. The lowest BCUT2D eigenvalue weighted by Gasteiger charge is -2.12. The average molecular weight is 401 g/mol. The van der Waals surface area contributed by atoms with Crippen LogP contribution in [0.2, 0.25) is 0 Å². The number of thioether (sulfide) groups is 1. The van der Waals surface area contributed by atoms with E-state index in [-0.39, 0.29) is 23.6 Å². The Bertz CT molecular complexity index is 911. The fourth-order valence-corrected chi connectivity index (χ4v) is 3.57. The topological polar surface area (TPSA) is 55.8 Å². The molecule has 28 heavy (non-hydrogen) atoms. The maximum absolute atomic E-state index is 13.0. The number of carbonyl (C=O) groups is 2. The van der Waals surface area contributed by atoms with E-state index < -0.39 is 0 Å². The van der Waals surface area contributed by atoms with Gasteiger partial charge in [0.2, 0.25) is 0 Å². The van der Waals surface area contributed by atoms with Gasteiger partial charge >= 0.3 is 0 Å². The molecule has 1 fully saturated rings. The van der Waals surface area contributed by atoms with E-state index >= 15 is 0 Å². The molecule has 3 rings (SSSR count). The number of hydrogen-bond acceptors (Lipinski definition) is 5. The second kappa shape index (κ2) is 8.93. The summed E-state index contributed by atoms with van der Waals surface area (Å²) in [5.41, 5.74) is 1.56. The number of carbonyl (C=O) groups excluding carboxylic acids is 2. The number of amides is 2. The lowest BCUT2D eigenvalue weighted by Crippen LogP contribution is -2.28. The smallest absolute Gasteiger partial charge is 0.293 e. The van der Waals surface area contributed by atoms with Gasteiger partial charge in [-0.1, -0.05) is 25.1 Å². The molecule has 0 aliphatic carbocycles. The van der Waals surface area contributed by atoms with Gasteiger partial charge in [0.1, 0.15) is 12.4 Å². The standard InChI is InChI=1S/C21H20FNO4S/c1-3-10-23-20(24)19(28-21(23)25)12-15-6-9-17(18(11-15)26-2)27-13-14-4-7-16(22)8-5-14/h4-9,11-12H,3,10,13H2,1-2H3/b19-12+. The van der Waals surface area contributed by atoms with E-state index in [0.29, 0.717) is 22.9 Å². The third-order valence-electron chi connectivity index (χ3n) is 4.11. The summed E-state index contributed by atoms with van der Waals surface area (Å²) < 4.78 is 24.1. The van der Waals surface area contributed by atoms with Crippen LogP contribution in [0.15, 0.2) is 47.4 Å². The predicted molar refractivity (Wildman–Crippen MR) is 107 cm³/mol. The third-order valence-corrected chi connectivity index (χ3v) is 5.02. The number of rotatable bonds is 7. The monoisotopic (exact) mass is 401 g/mol. The summed E-state index contributed by atoms with van der Waals surface area (Å²) in [7, 11) is 1.53. The van der Waals surface area contributed by atoms with E-state index in [4.69, 9.17) is 9.47 Å². The first-order chi connectivity index (χ1) is 13.5. The van der Waals surface area contributed by atoms with Crippen LogP contribution in [0.3, 0.4) is 0 Å². The van der Waals surface area contributed by atoms with Crippen LogP contribution in [0.25, 0.3) is 6.08 Å². The quantitative estimate of drug-likeness (QED) is 0.620. The highest BCUT2D eigenvalue weighted by atomic mass is 32.2. The number of ether oxygens (including phenoxy) is 2. The van der Waals surface area contributed by atoms with Gasteiger partial charge in [0.25, 0.3) is 11.1 Å². The Balaban J connectivity index is 1.75. The van der Waals surface area contributed by atoms with E-state index in [1.807, 2.05) is 6.92 Å². The summed E-state index contributed by atoms with van der Waals surface area (Å²) in [6.45, 7) is 2.61. The zero-order valence-electron chi connectivity index (χ0n) is 15.6. The van der Waals surface area contributed by atoms with Gasteiger partial charge in [-0.2, -0.15) is 0 Å². The average Bonchev–Trinajstić information content (AvgIpc) is 2.96. The predicted octanol–water partition coefficient (Wildman–Crippen LogP) is 4.86. The molecular weight excluding hydrogens is 381 g/mol. The number of hydrogen-bond donors (Lipinski definition) is 0. The molecule has 2 aromatic rings. The van der Waals surface area contributed by atoms with Gasteiger partial charge in [0.15, 0.2) is 11.5 Å². The number of imide groups is 1. The molecule has 0 radical (unpaired) electrons. The maximum atomic E-state index is 13.0. The van der Waals surface area contributed by atoms with Gasteiger partial charge < -0.3 is 9.47 Å². The van der Waals surface area contributed by atoms with Crippen LogP contribution in [0.1, 0.15) is 24.5 Å². The molecule has 0 bridgehead atoms. The van der Waals surface area contributed by atoms with Crippen molar-refractivity contribution in [3.63, 3.8) is 0 Å². The number of nitrogens with zero attached hydrogens (tertiary/aromatic N) is 1. The Labute approximate surface area is 167 Å². The first kappa shape index (κ1) is 19.9. The van der Waals surface area contributed by atoms with Crippen LogP contribution in [-0.2, 0) is 11.4 Å². The van der Waals surface area contributed by atoms with E-state index in [2.05, 4.69) is 0 Å². The molecule has 0 saturated carbocycles. The zero-order valence-corrected chi connectivity index (χ0v) is 16.4. The number of benzene rings is 2. The second-order valence-corrected chi connectivity index (χ2v) is 7.15. The van der Waals surface area contributed by atoms with E-state index in [9.17, 15) is 14.0 Å². The third kappa shape index (κ3) is 4.54. The van der Waals surface area contributed by atoms with Gasteiger partial charge in [0, 0.05) is 6.54 Å². The summed E-state index contributed by atoms with van der Waals surface area (Å²) >= 11 is 0.939. The largest absolute Gasteiger partial charge is 0.493 e. The Morgan fingerprint density at radius 1 is 1.11 bits per heavy atom. The van der Waals surface area contributed by atoms with Crippen LogP contribution in [0, 0.1) is 5.82 Å². The Morgan fingerprint density at radius 2 is 1.86 bits per heavy atom. The fourth-order valence-electron chi connectivity index (χ4n) is 2.70. The van der Waals surface area contributed by atoms with Crippen LogP contribution >= 0.6 is 11.8 Å². The van der Waals surface area contributed by atoms with Gasteiger partial charge in [-0.15, -0.1) is 0 Å². The SMILES string of the molecule is CCCN1C(=O)S/C(=C/c2ccc(OCc3ccc(F)cc3)c(OC)c2)C1=O. The van der Waals surface area contributed by atoms with E-state index in [1.54, 1.807) is 36.4 Å². The summed E-state index contributed by atoms with van der Waals surface area (Å²) in [6.07, 6.45) is 2.39. The molecule has 2 amide bonds. The van der Waals surface area contributed by atoms with Crippen molar-refractivity contribution >= 4 is 29.0 Å². The summed E-state index contributed by atoms with van der Waals surface area (Å²) in [5.74, 6) is 0.466. The van der Waals surface area contributed by atoms with Crippen LogP contribution < -0.4 is 9.47 Å². The Hall–Kier alpha value is -2.80. The first-order valence-corrected chi connectivity index (χ1v) is 9.64. The molecule has 0 atom stereocenters. The normalized spacial score (nSPS) is 15.4. The second-order valence-electron chi connectivity index (χ2n) is 6.16. The minimum Gasteiger partial charge on any atom is -0.493 e. The number of methoxy groups -OCH3 is 1. The lowest BCUT2D eigenvalue weighted by molar-refractivity contribution is -0.122. The van der Waals surface area contributed by atoms with E-state index in [1.165, 1.54) is 24.1 Å². The van der Waals surface area contributed by atoms with Crippen molar-refractivity contribution in [2.45, 2.75) is 20.0 Å². The van der Waals surface area contributed by atoms with Crippen molar-refractivity contribution in [2.24, 2.45) is 0 Å². The van der Waals surface area contributed by atoms with Crippen molar-refractivity contribution in [1.29, 1.82) is 0 Å². The molecular formula is C21H20FNO4S. The summed E-state index contributed by atoms with van der Waals surface area (Å²) in [5, 5.41) is -0.246. The minimum atomic E-state index is -0.297. The van der Waals surface area contributed by atoms with Crippen LogP contribution in [0.5, 0.6) is 11.5 Å². The molecule has 1 heterocycles. The van der Waals surface area contributed by atoms with Crippen molar-refractivity contribution in [2.75, 3.05) is 13.7 Å². The lowest BCUT2D eigenvalue weighted by atomic mass is 10.1. The molecule has 0 unspecified atom stereocenters. The van der Waals surface area contributed by atoms with Crippen molar-refractivity contribution in [3.05, 3.63) is 64.3 Å².